The van der Waals surface area contributed by atoms with Crippen LogP contribution in [0.5, 0.6) is 0 Å². The lowest BCUT2D eigenvalue weighted by Gasteiger charge is -2.24. The highest BCUT2D eigenvalue weighted by Crippen LogP contribution is 2.20. The van der Waals surface area contributed by atoms with Crippen LogP contribution in [-0.4, -0.2) is 11.5 Å². The van der Waals surface area contributed by atoms with E-state index in [0.29, 0.717) is 0 Å². The maximum atomic E-state index is 5.86. The molecule has 19 heavy (non-hydrogen) atoms. The number of pyridine rings is 1. The highest BCUT2D eigenvalue weighted by atomic mass is 79.9. The third-order valence-corrected chi connectivity index (χ3v) is 3.34. The van der Waals surface area contributed by atoms with E-state index in [0.717, 1.165) is 41.1 Å². The lowest BCUT2D eigenvalue weighted by molar-refractivity contribution is 0.754. The molecule has 2 N–H and O–H groups in total. The summed E-state index contributed by atoms with van der Waals surface area (Å²) in [6.45, 7) is 3.96. The monoisotopic (exact) mass is 319 g/mol. The maximum absolute atomic E-state index is 5.86. The minimum Gasteiger partial charge on any atom is -0.399 e. The fraction of sp³-hybridized carbons (Fsp3) is 0.267. The van der Waals surface area contributed by atoms with E-state index < -0.39 is 0 Å². The summed E-state index contributed by atoms with van der Waals surface area (Å²) in [5.74, 6) is 0. The number of aromatic nitrogens is 1. The van der Waals surface area contributed by atoms with Crippen LogP contribution in [0.1, 0.15) is 19.0 Å². The Balaban J connectivity index is 2.18. The summed E-state index contributed by atoms with van der Waals surface area (Å²) in [4.78, 5) is 6.73. The van der Waals surface area contributed by atoms with Gasteiger partial charge in [0.05, 0.1) is 12.2 Å². The summed E-state index contributed by atoms with van der Waals surface area (Å²) in [5, 5.41) is 0. The van der Waals surface area contributed by atoms with Crippen molar-refractivity contribution in [2.45, 2.75) is 19.9 Å². The molecule has 0 atom stereocenters. The first kappa shape index (κ1) is 13.9. The van der Waals surface area contributed by atoms with Crippen LogP contribution in [0.25, 0.3) is 0 Å². The third-order valence-electron chi connectivity index (χ3n) is 2.87. The molecule has 1 aromatic carbocycles. The highest BCUT2D eigenvalue weighted by molar-refractivity contribution is 9.10. The average Bonchev–Trinajstić information content (AvgIpc) is 2.41. The molecule has 0 bridgehead atoms. The smallest absolute Gasteiger partial charge is 0.0602 e. The SMILES string of the molecule is CCCN(Cc1ccc(Br)cn1)c1cccc(N)c1. The molecule has 0 aliphatic carbocycles. The van der Waals surface area contributed by atoms with Crippen LogP contribution in [-0.2, 0) is 6.54 Å². The van der Waals surface area contributed by atoms with Gasteiger partial charge in [0.25, 0.3) is 0 Å². The van der Waals surface area contributed by atoms with Gasteiger partial charge in [-0.1, -0.05) is 13.0 Å². The van der Waals surface area contributed by atoms with Crippen molar-refractivity contribution in [2.24, 2.45) is 0 Å². The molecule has 0 radical (unpaired) electrons. The number of rotatable bonds is 5. The summed E-state index contributed by atoms with van der Waals surface area (Å²) in [6.07, 6.45) is 2.92. The number of benzene rings is 1. The van der Waals surface area contributed by atoms with Gasteiger partial charge >= 0.3 is 0 Å². The summed E-state index contributed by atoms with van der Waals surface area (Å²) < 4.78 is 1.00. The fourth-order valence-corrected chi connectivity index (χ4v) is 2.22. The molecule has 0 saturated carbocycles. The zero-order chi connectivity index (χ0) is 13.7. The average molecular weight is 320 g/mol. The first-order valence-electron chi connectivity index (χ1n) is 6.40. The molecule has 2 rings (SSSR count). The molecule has 0 aliphatic heterocycles. The zero-order valence-electron chi connectivity index (χ0n) is 11.0. The Morgan fingerprint density at radius 2 is 2.11 bits per heavy atom. The molecule has 1 heterocycles. The van der Waals surface area contributed by atoms with E-state index >= 15 is 0 Å². The molecular formula is C15H18BrN3. The van der Waals surface area contributed by atoms with Crippen LogP contribution in [0.3, 0.4) is 0 Å². The predicted octanol–water partition coefficient (Wildman–Crippen LogP) is 3.84. The van der Waals surface area contributed by atoms with Crippen LogP contribution in [0, 0.1) is 0 Å². The third kappa shape index (κ3) is 3.96. The van der Waals surface area contributed by atoms with E-state index in [1.54, 1.807) is 0 Å². The molecule has 100 valence electrons. The number of anilines is 2. The molecule has 2 aromatic rings. The molecular weight excluding hydrogens is 302 g/mol. The second-order valence-corrected chi connectivity index (χ2v) is 5.40. The maximum Gasteiger partial charge on any atom is 0.0602 e. The van der Waals surface area contributed by atoms with Crippen molar-refractivity contribution in [1.82, 2.24) is 4.98 Å². The Labute approximate surface area is 122 Å². The first-order chi connectivity index (χ1) is 9.19. The van der Waals surface area contributed by atoms with Crippen molar-refractivity contribution in [3.05, 3.63) is 52.8 Å². The molecule has 0 saturated heterocycles. The molecule has 3 nitrogen and oxygen atoms in total. The lowest BCUT2D eigenvalue weighted by atomic mass is 10.2. The molecule has 0 fully saturated rings. The lowest BCUT2D eigenvalue weighted by Crippen LogP contribution is -2.24. The predicted molar refractivity (Wildman–Crippen MR) is 84.1 cm³/mol. The second kappa shape index (κ2) is 6.57. The molecule has 0 unspecified atom stereocenters. The van der Waals surface area contributed by atoms with E-state index in [1.807, 2.05) is 36.5 Å². The van der Waals surface area contributed by atoms with Crippen molar-refractivity contribution in [2.75, 3.05) is 17.2 Å². The summed E-state index contributed by atoms with van der Waals surface area (Å²) in [5.41, 5.74) is 8.85. The van der Waals surface area contributed by atoms with Gasteiger partial charge in [-0.25, -0.2) is 0 Å². The number of nitrogens with two attached hydrogens (primary N) is 1. The van der Waals surface area contributed by atoms with Gasteiger partial charge in [0.2, 0.25) is 0 Å². The minimum atomic E-state index is 0.794. The Bertz CT molecular complexity index is 525. The highest BCUT2D eigenvalue weighted by Gasteiger charge is 2.07. The van der Waals surface area contributed by atoms with E-state index in [4.69, 9.17) is 5.73 Å². The second-order valence-electron chi connectivity index (χ2n) is 4.48. The van der Waals surface area contributed by atoms with Crippen LogP contribution in [0.15, 0.2) is 47.1 Å². The Morgan fingerprint density at radius 1 is 1.26 bits per heavy atom. The van der Waals surface area contributed by atoms with Gasteiger partial charge < -0.3 is 10.6 Å². The molecule has 0 spiro atoms. The van der Waals surface area contributed by atoms with Crippen LogP contribution >= 0.6 is 15.9 Å². The van der Waals surface area contributed by atoms with Crippen LogP contribution in [0.2, 0.25) is 0 Å². The number of hydrogen-bond acceptors (Lipinski definition) is 3. The molecule has 0 amide bonds. The first-order valence-corrected chi connectivity index (χ1v) is 7.19. The van der Waals surface area contributed by atoms with Gasteiger partial charge in [-0.3, -0.25) is 4.98 Å². The van der Waals surface area contributed by atoms with Crippen molar-refractivity contribution in [3.8, 4) is 0 Å². The zero-order valence-corrected chi connectivity index (χ0v) is 12.6. The van der Waals surface area contributed by atoms with E-state index in [-0.39, 0.29) is 0 Å². The normalized spacial score (nSPS) is 10.4. The standard InChI is InChI=1S/C15H18BrN3/c1-2-8-19(15-5-3-4-13(17)9-15)11-14-7-6-12(16)10-18-14/h3-7,9-10H,2,8,11,17H2,1H3. The number of nitrogen functional groups attached to an aromatic ring is 1. The van der Waals surface area contributed by atoms with Gasteiger partial charge in [0, 0.05) is 28.6 Å². The summed E-state index contributed by atoms with van der Waals surface area (Å²) in [6, 6.07) is 12.1. The Morgan fingerprint density at radius 3 is 2.74 bits per heavy atom. The molecule has 1 aromatic heterocycles. The Kier molecular flexibility index (Phi) is 4.80. The van der Waals surface area contributed by atoms with E-state index in [9.17, 15) is 0 Å². The molecule has 4 heteroatoms. The topological polar surface area (TPSA) is 42.2 Å². The van der Waals surface area contributed by atoms with Gasteiger partial charge in [-0.15, -0.1) is 0 Å². The van der Waals surface area contributed by atoms with Gasteiger partial charge in [-0.2, -0.15) is 0 Å². The van der Waals surface area contributed by atoms with Crippen molar-refractivity contribution < 1.29 is 0 Å². The van der Waals surface area contributed by atoms with Crippen molar-refractivity contribution in [3.63, 3.8) is 0 Å². The minimum absolute atomic E-state index is 0.794. The largest absolute Gasteiger partial charge is 0.399 e. The fourth-order valence-electron chi connectivity index (χ4n) is 1.99. The van der Waals surface area contributed by atoms with E-state index in [1.165, 1.54) is 0 Å². The number of halogens is 1. The van der Waals surface area contributed by atoms with Gasteiger partial charge in [0.15, 0.2) is 0 Å². The molecule has 0 aliphatic rings. The van der Waals surface area contributed by atoms with Crippen molar-refractivity contribution in [1.29, 1.82) is 0 Å². The number of nitrogens with zero attached hydrogens (tertiary/aromatic N) is 2. The van der Waals surface area contributed by atoms with Gasteiger partial charge in [0.1, 0.15) is 0 Å². The van der Waals surface area contributed by atoms with Crippen molar-refractivity contribution >= 4 is 27.3 Å². The Hall–Kier alpha value is -1.55. The summed E-state index contributed by atoms with van der Waals surface area (Å²) in [7, 11) is 0. The number of hydrogen-bond donors (Lipinski definition) is 1. The van der Waals surface area contributed by atoms with Gasteiger partial charge in [-0.05, 0) is 52.7 Å². The summed E-state index contributed by atoms with van der Waals surface area (Å²) >= 11 is 3.40. The van der Waals surface area contributed by atoms with Crippen LogP contribution in [0.4, 0.5) is 11.4 Å². The quantitative estimate of drug-likeness (QED) is 0.851. The van der Waals surface area contributed by atoms with Crippen LogP contribution < -0.4 is 10.6 Å². The van der Waals surface area contributed by atoms with E-state index in [2.05, 4.69) is 38.8 Å².